The number of fused-ring (bicyclic) bond motifs is 3. The third-order valence-corrected chi connectivity index (χ3v) is 10.2. The fourth-order valence-corrected chi connectivity index (χ4v) is 7.78. The Kier molecular flexibility index (Phi) is 9.81. The van der Waals surface area contributed by atoms with Crippen molar-refractivity contribution >= 4 is 53.7 Å². The highest BCUT2D eigenvalue weighted by molar-refractivity contribution is 6.43. The van der Waals surface area contributed by atoms with Crippen LogP contribution in [0.25, 0.3) is 6.08 Å². The van der Waals surface area contributed by atoms with Crippen molar-refractivity contribution < 1.29 is 29.1 Å². The van der Waals surface area contributed by atoms with Crippen LogP contribution in [0.15, 0.2) is 120 Å². The molecule has 2 heterocycles. The van der Waals surface area contributed by atoms with E-state index in [2.05, 4.69) is 5.32 Å². The maximum Gasteiger partial charge on any atom is 0.455 e. The summed E-state index contributed by atoms with van der Waals surface area (Å²) in [6, 6.07) is 31.5. The van der Waals surface area contributed by atoms with Crippen LogP contribution >= 0.6 is 11.6 Å². The van der Waals surface area contributed by atoms with Gasteiger partial charge in [-0.05, 0) is 122 Å². The number of aromatic hydroxyl groups is 1. The Morgan fingerprint density at radius 1 is 0.960 bits per heavy atom. The van der Waals surface area contributed by atoms with Gasteiger partial charge in [0, 0.05) is 11.4 Å². The van der Waals surface area contributed by atoms with Crippen LogP contribution < -0.4 is 15.0 Å². The molecular formula is C40H38BClN2O6. The number of imide groups is 1. The number of nitrogens with one attached hydrogen (secondary N) is 1. The molecule has 10 heteroatoms. The fraction of sp³-hybridized carbons (Fsp3) is 0.250. The van der Waals surface area contributed by atoms with E-state index in [-0.39, 0.29) is 36.4 Å². The number of carbonyl (C=O) groups is 2. The summed E-state index contributed by atoms with van der Waals surface area (Å²) >= 11 is 6.36. The van der Waals surface area contributed by atoms with Gasteiger partial charge in [-0.3, -0.25) is 14.5 Å². The van der Waals surface area contributed by atoms with Crippen molar-refractivity contribution in [3.8, 4) is 11.5 Å². The van der Waals surface area contributed by atoms with Gasteiger partial charge in [0.05, 0.1) is 28.6 Å². The van der Waals surface area contributed by atoms with E-state index < -0.39 is 25.1 Å². The Bertz CT molecular complexity index is 1930. The first-order valence-corrected chi connectivity index (χ1v) is 17.3. The number of nitrogens with zero attached hydrogens (tertiary/aromatic N) is 1. The van der Waals surface area contributed by atoms with Crippen LogP contribution in [-0.4, -0.2) is 41.8 Å². The molecule has 0 aromatic heterocycles. The molecule has 0 spiro atoms. The van der Waals surface area contributed by atoms with Crippen molar-refractivity contribution in [1.82, 2.24) is 0 Å². The summed E-state index contributed by atoms with van der Waals surface area (Å²) < 4.78 is 12.4. The highest BCUT2D eigenvalue weighted by Crippen LogP contribution is 2.51. The minimum Gasteiger partial charge on any atom is -0.508 e. The van der Waals surface area contributed by atoms with E-state index in [1.165, 1.54) is 11.0 Å². The van der Waals surface area contributed by atoms with Crippen molar-refractivity contribution in [1.29, 1.82) is 0 Å². The first-order valence-electron chi connectivity index (χ1n) is 16.9. The largest absolute Gasteiger partial charge is 0.508 e. The predicted molar refractivity (Wildman–Crippen MR) is 196 cm³/mol. The van der Waals surface area contributed by atoms with E-state index in [4.69, 9.17) is 21.0 Å². The third kappa shape index (κ3) is 7.08. The molecule has 1 aliphatic carbocycles. The van der Waals surface area contributed by atoms with Gasteiger partial charge in [-0.15, -0.1) is 0 Å². The van der Waals surface area contributed by atoms with E-state index in [9.17, 15) is 19.7 Å². The van der Waals surface area contributed by atoms with Gasteiger partial charge >= 0.3 is 7.12 Å². The number of rotatable bonds is 10. The van der Waals surface area contributed by atoms with Crippen molar-refractivity contribution in [2.75, 3.05) is 16.8 Å². The molecule has 7 rings (SSSR count). The molecule has 3 N–H and O–H groups in total. The van der Waals surface area contributed by atoms with Crippen LogP contribution in [0.5, 0.6) is 11.5 Å². The molecule has 50 heavy (non-hydrogen) atoms. The van der Waals surface area contributed by atoms with Crippen LogP contribution in [0.2, 0.25) is 11.3 Å². The van der Waals surface area contributed by atoms with Crippen molar-refractivity contribution in [2.45, 2.75) is 38.6 Å². The van der Waals surface area contributed by atoms with Crippen LogP contribution in [0.4, 0.5) is 17.1 Å². The first-order chi connectivity index (χ1) is 24.2. The highest BCUT2D eigenvalue weighted by Gasteiger charge is 2.57. The molecule has 2 saturated heterocycles. The highest BCUT2D eigenvalue weighted by atomic mass is 35.5. The number of carbonyl (C=O) groups excluding carboxylic acids is 2. The molecule has 2 fully saturated rings. The van der Waals surface area contributed by atoms with Gasteiger partial charge in [0.15, 0.2) is 0 Å². The Labute approximate surface area is 297 Å². The second kappa shape index (κ2) is 14.6. The average molecular weight is 689 g/mol. The smallest absolute Gasteiger partial charge is 0.455 e. The van der Waals surface area contributed by atoms with Crippen LogP contribution in [0, 0.1) is 17.8 Å². The lowest BCUT2D eigenvalue weighted by Crippen LogP contribution is -2.46. The SMILES string of the molecule is C/C(=C\c1ccc(O)cc1Cl)CC[C@H]1OB(O)C[C@H]2C1=C(COc1ccccc1)C[C@H]1C(=O)N(c3ccc(Nc4ccccc4)cc3)C(=O)[C@H]12. The normalized spacial score (nSPS) is 22.0. The van der Waals surface area contributed by atoms with Gasteiger partial charge in [-0.25, -0.2) is 0 Å². The summed E-state index contributed by atoms with van der Waals surface area (Å²) in [6.45, 7) is 2.25. The fourth-order valence-electron chi connectivity index (χ4n) is 7.55. The molecule has 2 aliphatic heterocycles. The molecule has 8 nitrogen and oxygen atoms in total. The third-order valence-electron chi connectivity index (χ3n) is 9.84. The standard InChI is InChI=1S/C40H38BClN2O6/c1-25(20-26-13-18-31(45)22-35(26)42)12-19-36-37-27(24-49-32-10-6-3-7-11-32)21-33-38(34(37)23-41(48)50-36)40(47)44(39(33)46)30-16-14-29(15-17-30)43-28-8-4-2-5-9-28/h2-11,13-18,20,22,33-34,36,38,43,45,48H,12,19,21,23-24H2,1H3/b25-20+/t33-,34+,36-,38-/m1/s1. The number of benzene rings is 4. The minimum atomic E-state index is -1.08. The van der Waals surface area contributed by atoms with E-state index in [0.717, 1.165) is 33.7 Å². The number of phenolic OH excluding ortho intramolecular Hbond substituents is 1. The molecule has 0 bridgehead atoms. The number of halogens is 1. The summed E-state index contributed by atoms with van der Waals surface area (Å²) in [5.41, 5.74) is 6.02. The maximum absolute atomic E-state index is 14.3. The Balaban J connectivity index is 1.16. The zero-order chi connectivity index (χ0) is 34.8. The number of ether oxygens (including phenoxy) is 1. The summed E-state index contributed by atoms with van der Waals surface area (Å²) in [6.07, 6.45) is 3.26. The number of amides is 2. The summed E-state index contributed by atoms with van der Waals surface area (Å²) in [4.78, 5) is 29.7. The predicted octanol–water partition coefficient (Wildman–Crippen LogP) is 8.05. The molecule has 4 aromatic carbocycles. The van der Waals surface area contributed by atoms with Gasteiger partial charge in [-0.1, -0.05) is 59.6 Å². The summed E-state index contributed by atoms with van der Waals surface area (Å²) in [7, 11) is -1.08. The number of para-hydroxylation sites is 2. The van der Waals surface area contributed by atoms with Gasteiger partial charge in [0.25, 0.3) is 0 Å². The molecular weight excluding hydrogens is 651 g/mol. The molecule has 4 aromatic rings. The van der Waals surface area contributed by atoms with Crippen molar-refractivity contribution in [3.05, 3.63) is 130 Å². The van der Waals surface area contributed by atoms with Gasteiger partial charge in [0.1, 0.15) is 18.1 Å². The lowest BCUT2D eigenvalue weighted by atomic mass is 9.58. The zero-order valence-corrected chi connectivity index (χ0v) is 28.4. The monoisotopic (exact) mass is 688 g/mol. The molecule has 3 aliphatic rings. The average Bonchev–Trinajstić information content (AvgIpc) is 3.37. The lowest BCUT2D eigenvalue weighted by Gasteiger charge is -2.43. The molecule has 0 unspecified atom stereocenters. The van der Waals surface area contributed by atoms with Gasteiger partial charge < -0.3 is 24.8 Å². The van der Waals surface area contributed by atoms with Crippen molar-refractivity contribution in [2.24, 2.45) is 17.8 Å². The van der Waals surface area contributed by atoms with Gasteiger partial charge in [-0.2, -0.15) is 0 Å². The molecule has 254 valence electrons. The summed E-state index contributed by atoms with van der Waals surface area (Å²) in [5.74, 6) is -1.25. The van der Waals surface area contributed by atoms with E-state index in [0.29, 0.717) is 35.7 Å². The Morgan fingerprint density at radius 3 is 2.38 bits per heavy atom. The first kappa shape index (κ1) is 33.7. The van der Waals surface area contributed by atoms with E-state index in [1.807, 2.05) is 85.8 Å². The molecule has 0 radical (unpaired) electrons. The van der Waals surface area contributed by atoms with Gasteiger partial charge in [0.2, 0.25) is 11.8 Å². The quantitative estimate of drug-likeness (QED) is 0.0879. The van der Waals surface area contributed by atoms with E-state index >= 15 is 0 Å². The van der Waals surface area contributed by atoms with Crippen molar-refractivity contribution in [3.63, 3.8) is 0 Å². The van der Waals surface area contributed by atoms with E-state index in [1.54, 1.807) is 24.3 Å². The Hall–Kier alpha value is -4.83. The minimum absolute atomic E-state index is 0.101. The zero-order valence-electron chi connectivity index (χ0n) is 27.7. The second-order valence-electron chi connectivity index (χ2n) is 13.2. The van der Waals surface area contributed by atoms with Crippen LogP contribution in [0.3, 0.4) is 0 Å². The second-order valence-corrected chi connectivity index (χ2v) is 13.6. The van der Waals surface area contributed by atoms with Crippen LogP contribution in [-0.2, 0) is 14.2 Å². The summed E-state index contributed by atoms with van der Waals surface area (Å²) in [5, 5.41) is 24.6. The molecule has 0 saturated carbocycles. The van der Waals surface area contributed by atoms with Crippen LogP contribution in [0.1, 0.15) is 31.7 Å². The number of hydrogen-bond acceptors (Lipinski definition) is 7. The topological polar surface area (TPSA) is 108 Å². The molecule has 2 amide bonds. The number of anilines is 3. The maximum atomic E-state index is 14.3. The lowest BCUT2D eigenvalue weighted by molar-refractivity contribution is -0.122. The number of hydrogen-bond donors (Lipinski definition) is 3. The Morgan fingerprint density at radius 2 is 1.66 bits per heavy atom. The number of allylic oxidation sites excluding steroid dienone is 1. The number of phenols is 1. The molecule has 4 atom stereocenters.